The predicted octanol–water partition coefficient (Wildman–Crippen LogP) is 7.51. The first kappa shape index (κ1) is 25.4. The Balaban J connectivity index is 1.67. The Labute approximate surface area is 192 Å². The number of rotatable bonds is 14. The van der Waals surface area contributed by atoms with Crippen molar-refractivity contribution in [2.45, 2.75) is 77.6 Å². The van der Waals surface area contributed by atoms with E-state index in [1.54, 1.807) is 24.3 Å². The van der Waals surface area contributed by atoms with Gasteiger partial charge in [-0.05, 0) is 42.7 Å². The van der Waals surface area contributed by atoms with E-state index in [4.69, 9.17) is 14.2 Å². The molecule has 0 aromatic heterocycles. The van der Waals surface area contributed by atoms with Crippen molar-refractivity contribution in [2.24, 2.45) is 0 Å². The van der Waals surface area contributed by atoms with E-state index in [0.717, 1.165) is 6.42 Å². The molecule has 0 saturated heterocycles. The molecule has 0 aliphatic rings. The molecular weight excluding hydrogens is 404 g/mol. The van der Waals surface area contributed by atoms with Gasteiger partial charge in [0, 0.05) is 0 Å². The van der Waals surface area contributed by atoms with Gasteiger partial charge in [0.15, 0.2) is 0 Å². The summed E-state index contributed by atoms with van der Waals surface area (Å²) < 4.78 is 15.1. The van der Waals surface area contributed by atoms with Gasteiger partial charge in [-0.25, -0.2) is 9.59 Å². The molecule has 174 valence electrons. The molecule has 32 heavy (non-hydrogen) atoms. The minimum Gasteiger partial charge on any atom is -0.465 e. The van der Waals surface area contributed by atoms with E-state index in [9.17, 15) is 9.59 Å². The fourth-order valence-corrected chi connectivity index (χ4v) is 3.58. The summed E-state index contributed by atoms with van der Waals surface area (Å²) in [6.07, 6.45) is 13.3. The molecule has 0 N–H and O–H groups in total. The van der Waals surface area contributed by atoms with Gasteiger partial charge in [0.1, 0.15) is 17.1 Å². The summed E-state index contributed by atoms with van der Waals surface area (Å²) in [4.78, 5) is 23.9. The van der Waals surface area contributed by atoms with Crippen LogP contribution in [0.1, 0.15) is 87.1 Å². The van der Waals surface area contributed by atoms with Crippen LogP contribution in [0.5, 0.6) is 11.5 Å². The molecule has 5 nitrogen and oxygen atoms in total. The average molecular weight is 441 g/mol. The van der Waals surface area contributed by atoms with Crippen LogP contribution < -0.4 is 9.47 Å². The quantitative estimate of drug-likeness (QED) is 0.173. The van der Waals surface area contributed by atoms with E-state index in [2.05, 4.69) is 6.92 Å². The van der Waals surface area contributed by atoms with E-state index < -0.39 is 12.1 Å². The lowest BCUT2D eigenvalue weighted by Gasteiger charge is -2.09. The lowest BCUT2D eigenvalue weighted by molar-refractivity contribution is 0.0597. The minimum absolute atomic E-state index is 0.0990. The van der Waals surface area contributed by atoms with Crippen LogP contribution in [0.3, 0.4) is 0 Å². The Morgan fingerprint density at radius 3 is 1.94 bits per heavy atom. The number of para-hydroxylation sites is 1. The second-order valence-corrected chi connectivity index (χ2v) is 8.02. The predicted molar refractivity (Wildman–Crippen MR) is 126 cm³/mol. The van der Waals surface area contributed by atoms with Crippen LogP contribution in [0.15, 0.2) is 48.5 Å². The van der Waals surface area contributed by atoms with E-state index in [0.29, 0.717) is 5.75 Å². The van der Waals surface area contributed by atoms with Gasteiger partial charge in [0.25, 0.3) is 0 Å². The SMILES string of the molecule is CCCCCCCCCCCCc1ccc(OC(=O)Oc2ccccc2C(=O)OC)cc1. The highest BCUT2D eigenvalue weighted by Crippen LogP contribution is 2.21. The fourth-order valence-electron chi connectivity index (χ4n) is 3.58. The summed E-state index contributed by atoms with van der Waals surface area (Å²) in [6, 6.07) is 13.8. The number of esters is 1. The van der Waals surface area contributed by atoms with Crippen molar-refractivity contribution in [1.82, 2.24) is 0 Å². The van der Waals surface area contributed by atoms with Gasteiger partial charge in [0.2, 0.25) is 0 Å². The van der Waals surface area contributed by atoms with E-state index >= 15 is 0 Å². The second kappa shape index (κ2) is 15.1. The third-order valence-electron chi connectivity index (χ3n) is 5.43. The third kappa shape index (κ3) is 9.54. The van der Waals surface area contributed by atoms with E-state index in [-0.39, 0.29) is 11.3 Å². The zero-order valence-corrected chi connectivity index (χ0v) is 19.4. The zero-order valence-electron chi connectivity index (χ0n) is 19.4. The van der Waals surface area contributed by atoms with Crippen LogP contribution in [0.4, 0.5) is 4.79 Å². The van der Waals surface area contributed by atoms with Gasteiger partial charge >= 0.3 is 12.1 Å². The van der Waals surface area contributed by atoms with Crippen LogP contribution in [-0.2, 0) is 11.2 Å². The van der Waals surface area contributed by atoms with Crippen LogP contribution in [0.25, 0.3) is 0 Å². The molecule has 2 rings (SSSR count). The van der Waals surface area contributed by atoms with E-state index in [1.165, 1.54) is 89.0 Å². The molecule has 0 bridgehead atoms. The van der Waals surface area contributed by atoms with Crippen molar-refractivity contribution >= 4 is 12.1 Å². The van der Waals surface area contributed by atoms with Crippen LogP contribution in [0.2, 0.25) is 0 Å². The van der Waals surface area contributed by atoms with Crippen molar-refractivity contribution in [1.29, 1.82) is 0 Å². The van der Waals surface area contributed by atoms with Gasteiger partial charge in [0.05, 0.1) is 7.11 Å². The number of hydrogen-bond donors (Lipinski definition) is 0. The molecule has 0 amide bonds. The summed E-state index contributed by atoms with van der Waals surface area (Å²) in [6.45, 7) is 2.25. The van der Waals surface area contributed by atoms with Gasteiger partial charge in [-0.3, -0.25) is 0 Å². The molecule has 5 heteroatoms. The van der Waals surface area contributed by atoms with Crippen molar-refractivity contribution in [3.05, 3.63) is 59.7 Å². The molecule has 0 atom stereocenters. The highest BCUT2D eigenvalue weighted by molar-refractivity contribution is 5.93. The topological polar surface area (TPSA) is 61.8 Å². The number of ether oxygens (including phenoxy) is 3. The molecule has 0 heterocycles. The first-order valence-electron chi connectivity index (χ1n) is 11.8. The smallest absolute Gasteiger partial charge is 0.465 e. The molecule has 2 aromatic carbocycles. The Bertz CT molecular complexity index is 813. The van der Waals surface area contributed by atoms with Crippen LogP contribution in [0, 0.1) is 0 Å². The van der Waals surface area contributed by atoms with Gasteiger partial charge in [-0.1, -0.05) is 89.0 Å². The minimum atomic E-state index is -0.899. The lowest BCUT2D eigenvalue weighted by Crippen LogP contribution is -2.16. The number of hydrogen-bond acceptors (Lipinski definition) is 5. The molecular formula is C27H36O5. The maximum atomic E-state index is 12.1. The van der Waals surface area contributed by atoms with Crippen LogP contribution >= 0.6 is 0 Å². The van der Waals surface area contributed by atoms with Gasteiger partial charge in [-0.15, -0.1) is 0 Å². The van der Waals surface area contributed by atoms with E-state index in [1.807, 2.05) is 12.1 Å². The summed E-state index contributed by atoms with van der Waals surface area (Å²) in [5, 5.41) is 0. The number of benzene rings is 2. The molecule has 0 radical (unpaired) electrons. The highest BCUT2D eigenvalue weighted by Gasteiger charge is 2.16. The largest absolute Gasteiger partial charge is 0.519 e. The summed E-state index contributed by atoms with van der Waals surface area (Å²) in [5.41, 5.74) is 1.39. The summed E-state index contributed by atoms with van der Waals surface area (Å²) in [5.74, 6) is -0.0796. The summed E-state index contributed by atoms with van der Waals surface area (Å²) >= 11 is 0. The first-order valence-corrected chi connectivity index (χ1v) is 11.8. The van der Waals surface area contributed by atoms with Crippen molar-refractivity contribution in [2.75, 3.05) is 7.11 Å². The number of unbranched alkanes of at least 4 members (excludes halogenated alkanes) is 9. The number of carbonyl (C=O) groups is 2. The highest BCUT2D eigenvalue weighted by atomic mass is 16.7. The molecule has 0 aliphatic heterocycles. The number of aryl methyl sites for hydroxylation is 1. The molecule has 0 aliphatic carbocycles. The van der Waals surface area contributed by atoms with Crippen molar-refractivity contribution in [3.8, 4) is 11.5 Å². The standard InChI is InChI=1S/C27H36O5/c1-3-4-5-6-7-8-9-10-11-12-15-22-18-20-23(21-19-22)31-27(29)32-25-17-14-13-16-24(25)26(28)30-2/h13-14,16-21H,3-12,15H2,1-2H3. The third-order valence-corrected chi connectivity index (χ3v) is 5.43. The molecule has 0 fully saturated rings. The molecule has 2 aromatic rings. The zero-order chi connectivity index (χ0) is 23.0. The second-order valence-electron chi connectivity index (χ2n) is 8.02. The van der Waals surface area contributed by atoms with Crippen molar-refractivity contribution in [3.63, 3.8) is 0 Å². The van der Waals surface area contributed by atoms with Crippen LogP contribution in [-0.4, -0.2) is 19.2 Å². The maximum absolute atomic E-state index is 12.1. The fraction of sp³-hybridized carbons (Fsp3) is 0.481. The number of methoxy groups -OCH3 is 1. The Hall–Kier alpha value is -2.82. The normalized spacial score (nSPS) is 10.6. The lowest BCUT2D eigenvalue weighted by atomic mass is 10.0. The maximum Gasteiger partial charge on any atom is 0.519 e. The Morgan fingerprint density at radius 2 is 1.31 bits per heavy atom. The monoisotopic (exact) mass is 440 g/mol. The average Bonchev–Trinajstić information content (AvgIpc) is 2.81. The first-order chi connectivity index (χ1) is 15.6. The molecule has 0 spiro atoms. The van der Waals surface area contributed by atoms with Crippen molar-refractivity contribution < 1.29 is 23.8 Å². The number of carbonyl (C=O) groups excluding carboxylic acids is 2. The van der Waals surface area contributed by atoms with Gasteiger partial charge in [-0.2, -0.15) is 0 Å². The molecule has 0 saturated carbocycles. The summed E-state index contributed by atoms with van der Waals surface area (Å²) in [7, 11) is 1.27. The Kier molecular flexibility index (Phi) is 12.0. The van der Waals surface area contributed by atoms with Gasteiger partial charge < -0.3 is 14.2 Å². The molecule has 0 unspecified atom stereocenters. The Morgan fingerprint density at radius 1 is 0.719 bits per heavy atom.